The Balaban J connectivity index is 1.82. The van der Waals surface area contributed by atoms with Gasteiger partial charge in [-0.15, -0.1) is 0 Å². The summed E-state index contributed by atoms with van der Waals surface area (Å²) in [4.78, 5) is 11.4. The van der Waals surface area contributed by atoms with Crippen molar-refractivity contribution in [1.82, 2.24) is 5.43 Å². The summed E-state index contributed by atoms with van der Waals surface area (Å²) in [6.07, 6.45) is 6.59. The zero-order valence-corrected chi connectivity index (χ0v) is 9.61. The maximum absolute atomic E-state index is 11.4. The zero-order chi connectivity index (χ0) is 12.6. The molecule has 2 aromatic rings. The third kappa shape index (κ3) is 3.45. The Morgan fingerprint density at radius 1 is 1.17 bits per heavy atom. The molecular weight excluding hydrogens is 228 g/mol. The van der Waals surface area contributed by atoms with Crippen molar-refractivity contribution in [2.24, 2.45) is 5.10 Å². The van der Waals surface area contributed by atoms with Crippen LogP contribution in [0.2, 0.25) is 0 Å². The molecule has 1 aromatic heterocycles. The molecule has 1 heterocycles. The molecule has 1 amide bonds. The van der Waals surface area contributed by atoms with Crippen molar-refractivity contribution in [2.75, 3.05) is 0 Å². The van der Waals surface area contributed by atoms with Crippen LogP contribution >= 0.6 is 0 Å². The molecule has 90 valence electrons. The van der Waals surface area contributed by atoms with Crippen LogP contribution in [0.4, 0.5) is 0 Å². The van der Waals surface area contributed by atoms with E-state index in [0.29, 0.717) is 0 Å². The molecular formula is C14H12N2O2. The number of carbonyl (C=O) groups excluding carboxylic acids is 1. The van der Waals surface area contributed by atoms with Crippen LogP contribution in [-0.2, 0) is 0 Å². The fraction of sp³-hybridized carbons (Fsp3) is 0. The lowest BCUT2D eigenvalue weighted by Crippen LogP contribution is -2.16. The predicted molar refractivity (Wildman–Crippen MR) is 70.1 cm³/mol. The highest BCUT2D eigenvalue weighted by Crippen LogP contribution is 2.00. The number of rotatable bonds is 4. The topological polar surface area (TPSA) is 54.6 Å². The second kappa shape index (κ2) is 6.20. The number of nitrogens with zero attached hydrogens (tertiary/aromatic N) is 1. The fourth-order valence-corrected chi connectivity index (χ4v) is 1.32. The molecule has 4 nitrogen and oxygen atoms in total. The first kappa shape index (κ1) is 11.9. The lowest BCUT2D eigenvalue weighted by molar-refractivity contribution is 0.0927. The normalized spacial score (nSPS) is 11.1. The largest absolute Gasteiger partial charge is 0.459 e. The predicted octanol–water partition coefficient (Wildman–Crippen LogP) is 2.71. The first-order chi connectivity index (χ1) is 8.86. The third-order valence-corrected chi connectivity index (χ3v) is 2.16. The lowest BCUT2D eigenvalue weighted by atomic mass is 10.2. The summed E-state index contributed by atoms with van der Waals surface area (Å²) in [6, 6.07) is 13.0. The van der Waals surface area contributed by atoms with Gasteiger partial charge in [0, 0.05) is 6.21 Å². The van der Waals surface area contributed by atoms with Gasteiger partial charge in [0.1, 0.15) is 0 Å². The average Bonchev–Trinajstić information content (AvgIpc) is 2.93. The molecule has 0 atom stereocenters. The highest BCUT2D eigenvalue weighted by atomic mass is 16.3. The number of benzene rings is 1. The van der Waals surface area contributed by atoms with Gasteiger partial charge < -0.3 is 4.42 Å². The van der Waals surface area contributed by atoms with E-state index in [0.717, 1.165) is 5.56 Å². The van der Waals surface area contributed by atoms with Crippen LogP contribution in [0.1, 0.15) is 16.1 Å². The third-order valence-electron chi connectivity index (χ3n) is 2.16. The molecule has 0 spiro atoms. The average molecular weight is 240 g/mol. The van der Waals surface area contributed by atoms with Gasteiger partial charge in [0.15, 0.2) is 5.76 Å². The molecule has 0 radical (unpaired) electrons. The summed E-state index contributed by atoms with van der Waals surface area (Å²) in [6.45, 7) is 0. The quantitative estimate of drug-likeness (QED) is 0.659. The van der Waals surface area contributed by atoms with Gasteiger partial charge in [0.05, 0.1) is 6.26 Å². The zero-order valence-electron chi connectivity index (χ0n) is 9.61. The van der Waals surface area contributed by atoms with E-state index in [4.69, 9.17) is 4.42 Å². The molecule has 1 aromatic carbocycles. The summed E-state index contributed by atoms with van der Waals surface area (Å²) in [5, 5.41) is 3.77. The highest BCUT2D eigenvalue weighted by Gasteiger charge is 2.05. The van der Waals surface area contributed by atoms with Crippen molar-refractivity contribution in [3.8, 4) is 0 Å². The van der Waals surface area contributed by atoms with Crippen LogP contribution in [0.5, 0.6) is 0 Å². The monoisotopic (exact) mass is 240 g/mol. The Hall–Kier alpha value is -2.62. The van der Waals surface area contributed by atoms with Crippen LogP contribution in [0, 0.1) is 0 Å². The van der Waals surface area contributed by atoms with Crippen LogP contribution in [0.15, 0.2) is 64.3 Å². The number of allylic oxidation sites excluding steroid dienone is 1. The van der Waals surface area contributed by atoms with Gasteiger partial charge in [-0.25, -0.2) is 5.43 Å². The second-order valence-corrected chi connectivity index (χ2v) is 3.47. The molecule has 0 fully saturated rings. The van der Waals surface area contributed by atoms with Gasteiger partial charge in [-0.2, -0.15) is 5.10 Å². The maximum Gasteiger partial charge on any atom is 0.307 e. The Labute approximate surface area is 105 Å². The molecule has 0 aliphatic carbocycles. The molecule has 1 N–H and O–H groups in total. The van der Waals surface area contributed by atoms with E-state index in [2.05, 4.69) is 10.5 Å². The summed E-state index contributed by atoms with van der Waals surface area (Å²) in [5.41, 5.74) is 3.43. The van der Waals surface area contributed by atoms with E-state index in [9.17, 15) is 4.79 Å². The number of nitrogens with one attached hydrogen (secondary N) is 1. The molecule has 0 unspecified atom stereocenters. The van der Waals surface area contributed by atoms with E-state index in [1.54, 1.807) is 18.2 Å². The molecule has 2 rings (SSSR count). The number of hydrogen-bond acceptors (Lipinski definition) is 3. The van der Waals surface area contributed by atoms with Crippen LogP contribution in [0.25, 0.3) is 6.08 Å². The summed E-state index contributed by atoms with van der Waals surface area (Å²) >= 11 is 0. The molecule has 0 saturated carbocycles. The van der Waals surface area contributed by atoms with Gasteiger partial charge in [-0.3, -0.25) is 4.79 Å². The minimum atomic E-state index is -0.371. The summed E-state index contributed by atoms with van der Waals surface area (Å²) in [5.74, 6) is -0.136. The molecule has 0 aliphatic heterocycles. The van der Waals surface area contributed by atoms with Crippen LogP contribution in [-0.4, -0.2) is 12.1 Å². The smallest absolute Gasteiger partial charge is 0.307 e. The van der Waals surface area contributed by atoms with Crippen LogP contribution < -0.4 is 5.43 Å². The number of carbonyl (C=O) groups is 1. The molecule has 18 heavy (non-hydrogen) atoms. The van der Waals surface area contributed by atoms with Crippen molar-refractivity contribution >= 4 is 18.2 Å². The standard InChI is InChI=1S/C14H12N2O2/c17-14(13-9-5-11-18-13)16-15-10-4-8-12-6-2-1-3-7-12/h1-11H,(H,16,17)/b8-4+,15-10-. The van der Waals surface area contributed by atoms with Gasteiger partial charge in [-0.1, -0.05) is 36.4 Å². The number of amides is 1. The molecule has 0 aliphatic rings. The Kier molecular flexibility index (Phi) is 4.08. The van der Waals surface area contributed by atoms with Crippen molar-refractivity contribution in [2.45, 2.75) is 0 Å². The van der Waals surface area contributed by atoms with E-state index in [1.807, 2.05) is 36.4 Å². The van der Waals surface area contributed by atoms with Crippen molar-refractivity contribution < 1.29 is 9.21 Å². The van der Waals surface area contributed by atoms with Gasteiger partial charge in [-0.05, 0) is 23.8 Å². The van der Waals surface area contributed by atoms with Gasteiger partial charge in [0.25, 0.3) is 0 Å². The molecule has 0 saturated heterocycles. The first-order valence-electron chi connectivity index (χ1n) is 5.45. The second-order valence-electron chi connectivity index (χ2n) is 3.47. The van der Waals surface area contributed by atoms with Crippen molar-refractivity contribution in [1.29, 1.82) is 0 Å². The lowest BCUT2D eigenvalue weighted by Gasteiger charge is -1.93. The van der Waals surface area contributed by atoms with Gasteiger partial charge in [0.2, 0.25) is 0 Å². The number of hydrazone groups is 1. The van der Waals surface area contributed by atoms with E-state index >= 15 is 0 Å². The Morgan fingerprint density at radius 3 is 2.72 bits per heavy atom. The van der Waals surface area contributed by atoms with Crippen molar-refractivity contribution in [3.63, 3.8) is 0 Å². The maximum atomic E-state index is 11.4. The number of hydrogen-bond donors (Lipinski definition) is 1. The fourth-order valence-electron chi connectivity index (χ4n) is 1.32. The Morgan fingerprint density at radius 2 is 2.00 bits per heavy atom. The van der Waals surface area contributed by atoms with Gasteiger partial charge >= 0.3 is 5.91 Å². The molecule has 0 bridgehead atoms. The van der Waals surface area contributed by atoms with E-state index in [1.165, 1.54) is 12.5 Å². The minimum absolute atomic E-state index is 0.235. The summed E-state index contributed by atoms with van der Waals surface area (Å²) < 4.78 is 4.92. The SMILES string of the molecule is O=C(N/N=C\C=C\c1ccccc1)c1ccco1. The summed E-state index contributed by atoms with van der Waals surface area (Å²) in [7, 11) is 0. The van der Waals surface area contributed by atoms with E-state index < -0.39 is 0 Å². The number of furan rings is 1. The highest BCUT2D eigenvalue weighted by molar-refractivity contribution is 5.92. The molecule has 4 heteroatoms. The van der Waals surface area contributed by atoms with Crippen molar-refractivity contribution in [3.05, 3.63) is 66.1 Å². The first-order valence-corrected chi connectivity index (χ1v) is 5.45. The minimum Gasteiger partial charge on any atom is -0.459 e. The Bertz CT molecular complexity index is 542. The van der Waals surface area contributed by atoms with E-state index in [-0.39, 0.29) is 11.7 Å². The van der Waals surface area contributed by atoms with Crippen LogP contribution in [0.3, 0.4) is 0 Å².